The van der Waals surface area contributed by atoms with E-state index in [1.807, 2.05) is 24.3 Å². The molecular formula is C52H34N2O2. The van der Waals surface area contributed by atoms with Crippen molar-refractivity contribution in [2.75, 3.05) is 9.80 Å². The number of hydrogen-bond acceptors (Lipinski definition) is 4. The van der Waals surface area contributed by atoms with Gasteiger partial charge in [-0.1, -0.05) is 140 Å². The number of hydrogen-bond donors (Lipinski definition) is 0. The number of para-hydroxylation sites is 3. The molecule has 1 heterocycles. The maximum atomic E-state index is 6.92. The van der Waals surface area contributed by atoms with Crippen molar-refractivity contribution in [1.82, 2.24) is 0 Å². The first-order valence-corrected chi connectivity index (χ1v) is 18.9. The van der Waals surface area contributed by atoms with E-state index >= 15 is 0 Å². The quantitative estimate of drug-likeness (QED) is 0.160. The van der Waals surface area contributed by atoms with Crippen LogP contribution in [0.4, 0.5) is 34.1 Å². The second-order valence-electron chi connectivity index (χ2n) is 14.1. The van der Waals surface area contributed by atoms with Crippen molar-refractivity contribution in [1.29, 1.82) is 0 Å². The van der Waals surface area contributed by atoms with Crippen LogP contribution in [0.25, 0.3) is 43.1 Å². The summed E-state index contributed by atoms with van der Waals surface area (Å²) in [4.78, 5) is 4.60. The first-order chi connectivity index (χ1) is 27.8. The Labute approximate surface area is 324 Å². The monoisotopic (exact) mass is 718 g/mol. The molecule has 0 N–H and O–H groups in total. The summed E-state index contributed by atoms with van der Waals surface area (Å²) in [7, 11) is 0. The van der Waals surface area contributed by atoms with Crippen LogP contribution in [0.3, 0.4) is 0 Å². The molecule has 264 valence electrons. The standard InChI is InChI=1S/C52H34N2O2/c1-3-18-37(19-4-1)53(47-32-35-16-7-9-22-40(35)42-24-11-13-26-44(42)47)39-30-31-49-51(34-39)55-50-29-15-28-46(52(50)56-49)54(38-20-5-2-6-21-38)48-33-36-17-8-10-23-41(36)43-25-12-14-27-45(43)48/h1-34H. The zero-order valence-electron chi connectivity index (χ0n) is 30.3. The average molecular weight is 719 g/mol. The summed E-state index contributed by atoms with van der Waals surface area (Å²) in [6, 6.07) is 72.4. The lowest BCUT2D eigenvalue weighted by atomic mass is 9.99. The lowest BCUT2D eigenvalue weighted by molar-refractivity contribution is 0.360. The first kappa shape index (κ1) is 31.9. The molecule has 10 aromatic rings. The van der Waals surface area contributed by atoms with E-state index in [9.17, 15) is 0 Å². The van der Waals surface area contributed by atoms with Gasteiger partial charge in [0.1, 0.15) is 0 Å². The Morgan fingerprint density at radius 3 is 1.38 bits per heavy atom. The van der Waals surface area contributed by atoms with Crippen molar-refractivity contribution < 1.29 is 9.47 Å². The minimum absolute atomic E-state index is 0.653. The molecule has 1 aliphatic rings. The van der Waals surface area contributed by atoms with Crippen molar-refractivity contribution in [3.63, 3.8) is 0 Å². The average Bonchev–Trinajstić information content (AvgIpc) is 3.27. The first-order valence-electron chi connectivity index (χ1n) is 18.9. The molecule has 0 aromatic heterocycles. The summed E-state index contributed by atoms with van der Waals surface area (Å²) in [6.07, 6.45) is 0. The minimum atomic E-state index is 0.653. The van der Waals surface area contributed by atoms with Gasteiger partial charge < -0.3 is 19.3 Å². The van der Waals surface area contributed by atoms with Gasteiger partial charge in [-0.3, -0.25) is 0 Å². The van der Waals surface area contributed by atoms with Crippen molar-refractivity contribution >= 4 is 77.2 Å². The normalized spacial score (nSPS) is 11.9. The minimum Gasteiger partial charge on any atom is -0.449 e. The van der Waals surface area contributed by atoms with Crippen molar-refractivity contribution in [2.24, 2.45) is 0 Å². The Kier molecular flexibility index (Phi) is 7.46. The highest BCUT2D eigenvalue weighted by molar-refractivity contribution is 6.16. The fourth-order valence-electron chi connectivity index (χ4n) is 8.32. The van der Waals surface area contributed by atoms with Crippen LogP contribution in [-0.4, -0.2) is 0 Å². The second kappa shape index (κ2) is 13.1. The maximum absolute atomic E-state index is 6.92. The fraction of sp³-hybridized carbons (Fsp3) is 0. The van der Waals surface area contributed by atoms with Crippen molar-refractivity contribution in [3.05, 3.63) is 206 Å². The number of benzene rings is 10. The van der Waals surface area contributed by atoms with E-state index in [1.165, 1.54) is 37.7 Å². The molecule has 4 nitrogen and oxygen atoms in total. The maximum Gasteiger partial charge on any atom is 0.194 e. The third kappa shape index (κ3) is 5.23. The van der Waals surface area contributed by atoms with Crippen LogP contribution in [0.1, 0.15) is 0 Å². The molecule has 56 heavy (non-hydrogen) atoms. The smallest absolute Gasteiger partial charge is 0.194 e. The van der Waals surface area contributed by atoms with Gasteiger partial charge in [0.25, 0.3) is 0 Å². The van der Waals surface area contributed by atoms with Crippen LogP contribution in [0.15, 0.2) is 206 Å². The molecule has 0 amide bonds. The summed E-state index contributed by atoms with van der Waals surface area (Å²) in [5, 5.41) is 9.54. The summed E-state index contributed by atoms with van der Waals surface area (Å²) >= 11 is 0. The van der Waals surface area contributed by atoms with Crippen LogP contribution in [0.2, 0.25) is 0 Å². The van der Waals surface area contributed by atoms with Crippen molar-refractivity contribution in [2.45, 2.75) is 0 Å². The van der Waals surface area contributed by atoms with E-state index in [4.69, 9.17) is 9.47 Å². The molecule has 0 saturated heterocycles. The van der Waals surface area contributed by atoms with E-state index in [0.717, 1.165) is 39.5 Å². The molecule has 0 aliphatic carbocycles. The summed E-state index contributed by atoms with van der Waals surface area (Å²) in [6.45, 7) is 0. The molecular weight excluding hydrogens is 685 g/mol. The summed E-state index contributed by atoms with van der Waals surface area (Å²) < 4.78 is 13.8. The van der Waals surface area contributed by atoms with E-state index in [0.29, 0.717) is 23.0 Å². The molecule has 0 spiro atoms. The lowest BCUT2D eigenvalue weighted by Gasteiger charge is -2.32. The number of anilines is 6. The SMILES string of the molecule is c1ccc(N(c2ccc3c(c2)Oc2cccc(N(c4ccccc4)c4cc5ccccc5c5ccccc45)c2O3)c2cc3ccccc3c3ccccc23)cc1. The Balaban J connectivity index is 1.06. The zero-order chi connectivity index (χ0) is 37.0. The van der Waals surface area contributed by atoms with Crippen LogP contribution in [-0.2, 0) is 0 Å². The van der Waals surface area contributed by atoms with Gasteiger partial charge in [0.2, 0.25) is 0 Å². The molecule has 10 aromatic carbocycles. The van der Waals surface area contributed by atoms with Gasteiger partial charge in [0.15, 0.2) is 23.0 Å². The van der Waals surface area contributed by atoms with Gasteiger partial charge in [-0.2, -0.15) is 0 Å². The highest BCUT2D eigenvalue weighted by Gasteiger charge is 2.28. The van der Waals surface area contributed by atoms with Crippen LogP contribution >= 0.6 is 0 Å². The van der Waals surface area contributed by atoms with Gasteiger partial charge in [-0.15, -0.1) is 0 Å². The van der Waals surface area contributed by atoms with Crippen LogP contribution < -0.4 is 19.3 Å². The van der Waals surface area contributed by atoms with E-state index < -0.39 is 0 Å². The Morgan fingerprint density at radius 1 is 0.268 bits per heavy atom. The van der Waals surface area contributed by atoms with Crippen LogP contribution in [0.5, 0.6) is 23.0 Å². The summed E-state index contributed by atoms with van der Waals surface area (Å²) in [5.74, 6) is 2.62. The highest BCUT2D eigenvalue weighted by Crippen LogP contribution is 2.55. The predicted molar refractivity (Wildman–Crippen MR) is 232 cm³/mol. The number of rotatable bonds is 6. The fourth-order valence-corrected chi connectivity index (χ4v) is 8.32. The number of nitrogens with zero attached hydrogens (tertiary/aromatic N) is 2. The Bertz CT molecular complexity index is 3110. The van der Waals surface area contributed by atoms with E-state index in [-0.39, 0.29) is 0 Å². The molecule has 0 unspecified atom stereocenters. The highest BCUT2D eigenvalue weighted by atomic mass is 16.6. The third-order valence-electron chi connectivity index (χ3n) is 10.8. The van der Waals surface area contributed by atoms with Gasteiger partial charge in [-0.05, 0) is 93.0 Å². The van der Waals surface area contributed by atoms with E-state index in [2.05, 4.69) is 192 Å². The summed E-state index contributed by atoms with van der Waals surface area (Å²) in [5.41, 5.74) is 6.07. The number of ether oxygens (including phenoxy) is 2. The van der Waals surface area contributed by atoms with Crippen LogP contribution in [0, 0.1) is 0 Å². The largest absolute Gasteiger partial charge is 0.449 e. The molecule has 0 bridgehead atoms. The molecule has 0 atom stereocenters. The predicted octanol–water partition coefficient (Wildman–Crippen LogP) is 15.1. The molecule has 0 radical (unpaired) electrons. The van der Waals surface area contributed by atoms with Gasteiger partial charge in [0, 0.05) is 28.2 Å². The van der Waals surface area contributed by atoms with Gasteiger partial charge >= 0.3 is 0 Å². The third-order valence-corrected chi connectivity index (χ3v) is 10.8. The molecule has 4 heteroatoms. The molecule has 1 aliphatic heterocycles. The number of fused-ring (bicyclic) bond motifs is 8. The second-order valence-corrected chi connectivity index (χ2v) is 14.1. The molecule has 0 fully saturated rings. The molecule has 0 saturated carbocycles. The Morgan fingerprint density at radius 2 is 0.768 bits per heavy atom. The zero-order valence-corrected chi connectivity index (χ0v) is 30.3. The van der Waals surface area contributed by atoms with E-state index in [1.54, 1.807) is 0 Å². The van der Waals surface area contributed by atoms with Crippen molar-refractivity contribution in [3.8, 4) is 23.0 Å². The van der Waals surface area contributed by atoms with Gasteiger partial charge in [-0.25, -0.2) is 0 Å². The topological polar surface area (TPSA) is 24.9 Å². The van der Waals surface area contributed by atoms with Gasteiger partial charge in [0.05, 0.1) is 22.7 Å². The lowest BCUT2D eigenvalue weighted by Crippen LogP contribution is -2.14. The molecule has 11 rings (SSSR count). The Hall–Kier alpha value is -7.56.